The van der Waals surface area contributed by atoms with Crippen LogP contribution in [0.25, 0.3) is 0 Å². The summed E-state index contributed by atoms with van der Waals surface area (Å²) in [6.07, 6.45) is -0.226. The van der Waals surface area contributed by atoms with Gasteiger partial charge in [0.05, 0.1) is 13.5 Å². The van der Waals surface area contributed by atoms with E-state index in [9.17, 15) is 9.59 Å². The lowest BCUT2D eigenvalue weighted by atomic mass is 10.1. The predicted molar refractivity (Wildman–Crippen MR) is 55.1 cm³/mol. The molecule has 0 fully saturated rings. The van der Waals surface area contributed by atoms with Crippen LogP contribution in [0, 0.1) is 5.41 Å². The molecule has 0 amide bonds. The number of esters is 1. The lowest BCUT2D eigenvalue weighted by Gasteiger charge is -2.01. The average Bonchev–Trinajstić information content (AvgIpc) is 2.29. The SMILES string of the molecule is COC(=O)C(=N)CC(=O)c1ccccc1. The summed E-state index contributed by atoms with van der Waals surface area (Å²) in [4.78, 5) is 22.4. The van der Waals surface area contributed by atoms with Gasteiger partial charge in [-0.15, -0.1) is 0 Å². The van der Waals surface area contributed by atoms with Crippen molar-refractivity contribution in [1.82, 2.24) is 0 Å². The van der Waals surface area contributed by atoms with Crippen LogP contribution in [0.1, 0.15) is 16.8 Å². The van der Waals surface area contributed by atoms with Crippen molar-refractivity contribution < 1.29 is 14.3 Å². The number of hydrogen-bond donors (Lipinski definition) is 1. The molecule has 0 saturated carbocycles. The molecule has 0 aliphatic rings. The maximum Gasteiger partial charge on any atom is 0.352 e. The van der Waals surface area contributed by atoms with Gasteiger partial charge in [-0.05, 0) is 0 Å². The molecule has 0 atom stereocenters. The maximum absolute atomic E-state index is 11.5. The molecular weight excluding hydrogens is 194 g/mol. The molecule has 0 aromatic heterocycles. The highest BCUT2D eigenvalue weighted by Crippen LogP contribution is 2.03. The lowest BCUT2D eigenvalue weighted by molar-refractivity contribution is -0.132. The van der Waals surface area contributed by atoms with E-state index in [1.54, 1.807) is 30.3 Å². The van der Waals surface area contributed by atoms with Gasteiger partial charge in [0.1, 0.15) is 5.71 Å². The Hall–Kier alpha value is -1.97. The van der Waals surface area contributed by atoms with E-state index in [-0.39, 0.29) is 17.9 Å². The first kappa shape index (κ1) is 11.1. The Balaban J connectivity index is 2.65. The van der Waals surface area contributed by atoms with E-state index in [0.717, 1.165) is 0 Å². The minimum Gasteiger partial charge on any atom is -0.465 e. The van der Waals surface area contributed by atoms with E-state index in [1.165, 1.54) is 7.11 Å². The van der Waals surface area contributed by atoms with Crippen molar-refractivity contribution in [2.24, 2.45) is 0 Å². The highest BCUT2D eigenvalue weighted by molar-refractivity contribution is 6.39. The average molecular weight is 205 g/mol. The summed E-state index contributed by atoms with van der Waals surface area (Å²) < 4.78 is 4.33. The number of methoxy groups -OCH3 is 1. The summed E-state index contributed by atoms with van der Waals surface area (Å²) in [5.74, 6) is -1.02. The van der Waals surface area contributed by atoms with Crippen LogP contribution in [0.4, 0.5) is 0 Å². The van der Waals surface area contributed by atoms with E-state index >= 15 is 0 Å². The van der Waals surface area contributed by atoms with Crippen LogP contribution < -0.4 is 0 Å². The Labute approximate surface area is 87.4 Å². The second-order valence-electron chi connectivity index (χ2n) is 2.94. The first-order chi connectivity index (χ1) is 7.15. The number of rotatable bonds is 4. The quantitative estimate of drug-likeness (QED) is 0.459. The van der Waals surface area contributed by atoms with Gasteiger partial charge >= 0.3 is 5.97 Å². The molecule has 0 radical (unpaired) electrons. The highest BCUT2D eigenvalue weighted by Gasteiger charge is 2.14. The van der Waals surface area contributed by atoms with Gasteiger partial charge in [-0.3, -0.25) is 10.2 Å². The minimum absolute atomic E-state index is 0.226. The second kappa shape index (κ2) is 5.05. The molecule has 1 N–H and O–H groups in total. The second-order valence-corrected chi connectivity index (χ2v) is 2.94. The molecule has 0 aliphatic carbocycles. The van der Waals surface area contributed by atoms with Crippen molar-refractivity contribution in [3.8, 4) is 0 Å². The van der Waals surface area contributed by atoms with Crippen molar-refractivity contribution >= 4 is 17.5 Å². The van der Waals surface area contributed by atoms with Crippen LogP contribution >= 0.6 is 0 Å². The van der Waals surface area contributed by atoms with E-state index < -0.39 is 5.97 Å². The van der Waals surface area contributed by atoms with Crippen molar-refractivity contribution in [2.75, 3.05) is 7.11 Å². The van der Waals surface area contributed by atoms with Gasteiger partial charge in [0.2, 0.25) is 0 Å². The molecule has 0 unspecified atom stereocenters. The lowest BCUT2D eigenvalue weighted by Crippen LogP contribution is -2.18. The Bertz CT molecular complexity index is 384. The Morgan fingerprint density at radius 1 is 1.27 bits per heavy atom. The zero-order valence-electron chi connectivity index (χ0n) is 8.32. The molecule has 4 nitrogen and oxygen atoms in total. The van der Waals surface area contributed by atoms with Crippen molar-refractivity contribution in [1.29, 1.82) is 5.41 Å². The smallest absolute Gasteiger partial charge is 0.352 e. The number of Topliss-reactive ketones (excluding diaryl/α,β-unsaturated/α-hetero) is 1. The summed E-state index contributed by atoms with van der Waals surface area (Å²) in [5, 5.41) is 7.28. The fourth-order valence-electron chi connectivity index (χ4n) is 1.08. The molecule has 0 saturated heterocycles. The molecule has 0 aliphatic heterocycles. The Morgan fingerprint density at radius 3 is 2.40 bits per heavy atom. The topological polar surface area (TPSA) is 67.2 Å². The van der Waals surface area contributed by atoms with Gasteiger partial charge in [-0.2, -0.15) is 0 Å². The Kier molecular flexibility index (Phi) is 3.74. The monoisotopic (exact) mass is 205 g/mol. The zero-order valence-corrected chi connectivity index (χ0v) is 8.32. The standard InChI is InChI=1S/C11H11NO3/c1-15-11(14)9(12)7-10(13)8-5-3-2-4-6-8/h2-6,12H,7H2,1H3. The zero-order chi connectivity index (χ0) is 11.3. The van der Waals surface area contributed by atoms with Gasteiger partial charge < -0.3 is 4.74 Å². The van der Waals surface area contributed by atoms with E-state index in [2.05, 4.69) is 4.74 Å². The number of benzene rings is 1. The third-order valence-corrected chi connectivity index (χ3v) is 1.86. The predicted octanol–water partition coefficient (Wildman–Crippen LogP) is 1.45. The first-order valence-corrected chi connectivity index (χ1v) is 4.39. The molecule has 1 aromatic rings. The van der Waals surface area contributed by atoms with Gasteiger partial charge in [-0.25, -0.2) is 4.79 Å². The summed E-state index contributed by atoms with van der Waals surface area (Å²) in [7, 11) is 1.18. The molecule has 1 aromatic carbocycles. The third-order valence-electron chi connectivity index (χ3n) is 1.86. The van der Waals surface area contributed by atoms with Crippen LogP contribution in [0.15, 0.2) is 30.3 Å². The number of carbonyl (C=O) groups is 2. The fraction of sp³-hybridized carbons (Fsp3) is 0.182. The third kappa shape index (κ3) is 3.02. The van der Waals surface area contributed by atoms with Gasteiger partial charge in [0.25, 0.3) is 0 Å². The Morgan fingerprint density at radius 2 is 1.87 bits per heavy atom. The van der Waals surface area contributed by atoms with E-state index in [0.29, 0.717) is 5.56 Å². The van der Waals surface area contributed by atoms with Crippen LogP contribution in [0.5, 0.6) is 0 Å². The molecule has 15 heavy (non-hydrogen) atoms. The molecule has 1 rings (SSSR count). The minimum atomic E-state index is -0.765. The van der Waals surface area contributed by atoms with Gasteiger partial charge in [0.15, 0.2) is 5.78 Å². The summed E-state index contributed by atoms with van der Waals surface area (Å²) >= 11 is 0. The first-order valence-electron chi connectivity index (χ1n) is 4.39. The highest BCUT2D eigenvalue weighted by atomic mass is 16.5. The molecule has 0 spiro atoms. The number of nitrogens with one attached hydrogen (secondary N) is 1. The molecular formula is C11H11NO3. The summed E-state index contributed by atoms with van der Waals surface area (Å²) in [6, 6.07) is 8.55. The van der Waals surface area contributed by atoms with E-state index in [4.69, 9.17) is 5.41 Å². The maximum atomic E-state index is 11.5. The summed E-state index contributed by atoms with van der Waals surface area (Å²) in [5.41, 5.74) is 0.164. The van der Waals surface area contributed by atoms with E-state index in [1.807, 2.05) is 0 Å². The van der Waals surface area contributed by atoms with Gasteiger partial charge in [0, 0.05) is 5.56 Å². The van der Waals surface area contributed by atoms with Crippen LogP contribution in [-0.4, -0.2) is 24.6 Å². The normalized spacial score (nSPS) is 9.40. The van der Waals surface area contributed by atoms with Crippen LogP contribution in [0.3, 0.4) is 0 Å². The molecule has 78 valence electrons. The largest absolute Gasteiger partial charge is 0.465 e. The number of hydrogen-bond acceptors (Lipinski definition) is 4. The van der Waals surface area contributed by atoms with Crippen LogP contribution in [0.2, 0.25) is 0 Å². The fourth-order valence-corrected chi connectivity index (χ4v) is 1.08. The molecule has 4 heteroatoms. The van der Waals surface area contributed by atoms with Gasteiger partial charge in [-0.1, -0.05) is 30.3 Å². The summed E-state index contributed by atoms with van der Waals surface area (Å²) in [6.45, 7) is 0. The molecule has 0 heterocycles. The number of carbonyl (C=O) groups excluding carboxylic acids is 2. The van der Waals surface area contributed by atoms with Crippen molar-refractivity contribution in [2.45, 2.75) is 6.42 Å². The number of ether oxygens (including phenoxy) is 1. The number of ketones is 1. The van der Waals surface area contributed by atoms with Crippen molar-refractivity contribution in [3.63, 3.8) is 0 Å². The molecule has 0 bridgehead atoms. The van der Waals surface area contributed by atoms with Crippen LogP contribution in [-0.2, 0) is 9.53 Å². The van der Waals surface area contributed by atoms with Crippen molar-refractivity contribution in [3.05, 3.63) is 35.9 Å².